The van der Waals surface area contributed by atoms with E-state index in [2.05, 4.69) is 0 Å². The van der Waals surface area contributed by atoms with Crippen LogP contribution >= 0.6 is 0 Å². The fraction of sp³-hybridized carbons (Fsp3) is 0.625. The monoisotopic (exact) mass is 499 g/mol. The third kappa shape index (κ3) is 8.10. The van der Waals surface area contributed by atoms with E-state index >= 15 is 0 Å². The van der Waals surface area contributed by atoms with Crippen molar-refractivity contribution in [3.05, 3.63) is 41.5 Å². The average Bonchev–Trinajstić information content (AvgIpc) is 3.16. The van der Waals surface area contributed by atoms with Gasteiger partial charge in [0.25, 0.3) is 10.1 Å². The number of nitrogens with zero attached hydrogens (tertiary/aromatic N) is 1. The van der Waals surface area contributed by atoms with Gasteiger partial charge in [-0.25, -0.2) is 4.79 Å². The van der Waals surface area contributed by atoms with Crippen molar-refractivity contribution in [2.75, 3.05) is 19.8 Å². The van der Waals surface area contributed by atoms with Gasteiger partial charge in [-0.2, -0.15) is 8.42 Å². The lowest BCUT2D eigenvalue weighted by Crippen LogP contribution is -2.47. The van der Waals surface area contributed by atoms with Gasteiger partial charge in [-0.1, -0.05) is 43.0 Å². The van der Waals surface area contributed by atoms with Crippen LogP contribution in [0.4, 0.5) is 0 Å². The van der Waals surface area contributed by atoms with Crippen LogP contribution in [0.2, 0.25) is 0 Å². The van der Waals surface area contributed by atoms with Crippen LogP contribution in [0.3, 0.4) is 0 Å². The van der Waals surface area contributed by atoms with Crippen LogP contribution in [0.5, 0.6) is 0 Å². The summed E-state index contributed by atoms with van der Waals surface area (Å²) in [5, 5.41) is 0. The smallest absolute Gasteiger partial charge is 0.335 e. The first-order valence-electron chi connectivity index (χ1n) is 11.5. The Labute approximate surface area is 202 Å². The second-order valence-electron chi connectivity index (χ2n) is 9.15. The van der Waals surface area contributed by atoms with Gasteiger partial charge in [0, 0.05) is 11.4 Å². The molecule has 0 saturated carbocycles. The number of carbonyl (C=O) groups is 1. The van der Waals surface area contributed by atoms with Gasteiger partial charge in [0.05, 0.1) is 36.3 Å². The number of hydrogen-bond acceptors (Lipinski definition) is 7. The van der Waals surface area contributed by atoms with Crippen molar-refractivity contribution in [3.8, 4) is 0 Å². The highest BCUT2D eigenvalue weighted by atomic mass is 32.2. The summed E-state index contributed by atoms with van der Waals surface area (Å²) in [5.74, 6) is -0.342. The van der Waals surface area contributed by atoms with Crippen LogP contribution in [-0.4, -0.2) is 53.8 Å². The van der Waals surface area contributed by atoms with E-state index in [1.165, 1.54) is 0 Å². The highest BCUT2D eigenvalue weighted by Crippen LogP contribution is 2.32. The zero-order valence-corrected chi connectivity index (χ0v) is 22.0. The third-order valence-electron chi connectivity index (χ3n) is 5.37. The summed E-state index contributed by atoms with van der Waals surface area (Å²) in [6.07, 6.45) is 5.62. The van der Waals surface area contributed by atoms with Crippen LogP contribution in [0, 0.1) is 6.92 Å². The number of unbranched alkanes of at least 4 members (excludes halogenated alkanes) is 3. The molecule has 0 spiro atoms. The molecule has 0 bridgehead atoms. The molecule has 186 valence electrons. The average molecular weight is 500 g/mol. The van der Waals surface area contributed by atoms with Crippen molar-refractivity contribution in [1.82, 2.24) is 4.31 Å². The van der Waals surface area contributed by atoms with Gasteiger partial charge >= 0.3 is 5.97 Å². The lowest BCUT2D eigenvalue weighted by molar-refractivity contribution is -0.138. The van der Waals surface area contributed by atoms with Gasteiger partial charge in [0.1, 0.15) is 4.75 Å². The van der Waals surface area contributed by atoms with E-state index in [0.29, 0.717) is 31.6 Å². The maximum absolute atomic E-state index is 13.0. The maximum Gasteiger partial charge on any atom is 0.335 e. The molecule has 0 amide bonds. The van der Waals surface area contributed by atoms with Crippen LogP contribution in [0.25, 0.3) is 0 Å². The van der Waals surface area contributed by atoms with E-state index in [1.54, 1.807) is 31.2 Å². The van der Waals surface area contributed by atoms with Crippen molar-refractivity contribution in [1.29, 1.82) is 0 Å². The Morgan fingerprint density at radius 3 is 2.39 bits per heavy atom. The normalized spacial score (nSPS) is 18.2. The number of carbonyl (C=O) groups excluding carboxylic acids is 1. The second-order valence-corrected chi connectivity index (χ2v) is 13.0. The van der Waals surface area contributed by atoms with Crippen LogP contribution in [0.1, 0.15) is 65.4 Å². The first kappa shape index (κ1) is 27.9. The van der Waals surface area contributed by atoms with Crippen LogP contribution in [0.15, 0.2) is 40.8 Å². The predicted molar refractivity (Wildman–Crippen MR) is 131 cm³/mol. The summed E-state index contributed by atoms with van der Waals surface area (Å²) in [4.78, 5) is 12.6. The molecule has 1 heterocycles. The molecule has 33 heavy (non-hydrogen) atoms. The zero-order valence-electron chi connectivity index (χ0n) is 20.3. The van der Waals surface area contributed by atoms with Crippen molar-refractivity contribution in [2.45, 2.75) is 82.4 Å². The Bertz CT molecular complexity index is 906. The van der Waals surface area contributed by atoms with Crippen molar-refractivity contribution < 1.29 is 26.7 Å². The molecule has 0 N–H and O–H groups in total. The van der Waals surface area contributed by atoms with E-state index in [4.69, 9.17) is 8.92 Å². The molecule has 1 aliphatic heterocycles. The summed E-state index contributed by atoms with van der Waals surface area (Å²) >= 11 is -1.24. The molecule has 2 atom stereocenters. The van der Waals surface area contributed by atoms with Crippen LogP contribution < -0.4 is 0 Å². The molecule has 0 aromatic heterocycles. The first-order chi connectivity index (χ1) is 15.5. The van der Waals surface area contributed by atoms with Crippen molar-refractivity contribution in [3.63, 3.8) is 0 Å². The van der Waals surface area contributed by atoms with E-state index in [9.17, 15) is 17.8 Å². The maximum atomic E-state index is 13.0. The lowest BCUT2D eigenvalue weighted by atomic mass is 10.0. The van der Waals surface area contributed by atoms with E-state index in [0.717, 1.165) is 24.8 Å². The fourth-order valence-corrected chi connectivity index (χ4v) is 5.92. The quantitative estimate of drug-likeness (QED) is 0.183. The largest absolute Gasteiger partial charge is 0.597 e. The third-order valence-corrected chi connectivity index (χ3v) is 8.57. The summed E-state index contributed by atoms with van der Waals surface area (Å²) in [6.45, 7) is 10.3. The molecule has 1 aromatic rings. The molecule has 0 aliphatic carbocycles. The van der Waals surface area contributed by atoms with Gasteiger partial charge in [-0.3, -0.25) is 4.18 Å². The van der Waals surface area contributed by atoms with Crippen molar-refractivity contribution >= 4 is 27.4 Å². The number of aryl methyl sites for hydroxylation is 1. The highest BCUT2D eigenvalue weighted by molar-refractivity contribution is 7.90. The first-order valence-corrected chi connectivity index (χ1v) is 14.0. The minimum atomic E-state index is -3.74. The fourth-order valence-electron chi connectivity index (χ4n) is 3.61. The molecule has 0 fully saturated rings. The molecule has 0 unspecified atom stereocenters. The standard InChI is InChI=1S/C24H37NO6S2/c1-6-30-23(26)21-16-17-25(32(27)24(3,4)5)22(21)11-9-7-8-10-18-31-33(28,29)20-14-12-19(2)13-15-20/h12-16,22H,6-11,17-18H2,1-5H3/t22-,32+/m0/s1. The number of esters is 1. The molecule has 9 heteroatoms. The van der Waals surface area contributed by atoms with Crippen molar-refractivity contribution in [2.24, 2.45) is 0 Å². The molecule has 1 aromatic carbocycles. The Kier molecular flexibility index (Phi) is 10.4. The molecule has 0 saturated heterocycles. The van der Waals surface area contributed by atoms with Gasteiger partial charge in [0.2, 0.25) is 0 Å². The highest BCUT2D eigenvalue weighted by Gasteiger charge is 2.43. The summed E-state index contributed by atoms with van der Waals surface area (Å²) < 4.78 is 49.3. The summed E-state index contributed by atoms with van der Waals surface area (Å²) in [5.41, 5.74) is 1.57. The molecule has 7 nitrogen and oxygen atoms in total. The number of benzene rings is 1. The summed E-state index contributed by atoms with van der Waals surface area (Å²) in [7, 11) is -3.74. The Morgan fingerprint density at radius 1 is 1.15 bits per heavy atom. The number of hydrogen-bond donors (Lipinski definition) is 0. The summed E-state index contributed by atoms with van der Waals surface area (Å²) in [6, 6.07) is 6.35. The second kappa shape index (κ2) is 12.4. The van der Waals surface area contributed by atoms with E-state index in [1.807, 2.05) is 38.1 Å². The minimum absolute atomic E-state index is 0.133. The lowest BCUT2D eigenvalue weighted by Gasteiger charge is -2.34. The predicted octanol–water partition coefficient (Wildman–Crippen LogP) is 4.29. The van der Waals surface area contributed by atoms with E-state index < -0.39 is 26.2 Å². The molecular formula is C24H37NO6S2. The Morgan fingerprint density at radius 2 is 1.79 bits per heavy atom. The SMILES string of the molecule is CCOC(=O)C1=CCN([S@+]([O-])C(C)(C)C)[C@H]1CCCCCCOS(=O)(=O)c1ccc(C)cc1. The topological polar surface area (TPSA) is 96.0 Å². The van der Waals surface area contributed by atoms with Gasteiger partial charge in [-0.15, -0.1) is 4.31 Å². The Balaban J connectivity index is 1.81. The van der Waals surface area contributed by atoms with E-state index in [-0.39, 0.29) is 23.5 Å². The number of ether oxygens (including phenoxy) is 1. The van der Waals surface area contributed by atoms with Gasteiger partial charge < -0.3 is 9.29 Å². The minimum Gasteiger partial charge on any atom is -0.597 e. The molecule has 2 rings (SSSR count). The van der Waals surface area contributed by atoms with Gasteiger partial charge in [-0.05, 0) is 59.6 Å². The zero-order chi connectivity index (χ0) is 24.6. The Hall–Kier alpha value is -1.39. The molecule has 0 radical (unpaired) electrons. The van der Waals surface area contributed by atoms with Crippen LogP contribution in [-0.2, 0) is 35.2 Å². The molecular weight excluding hydrogens is 462 g/mol. The number of rotatable bonds is 12. The molecule has 1 aliphatic rings. The van der Waals surface area contributed by atoms with Gasteiger partial charge in [0.15, 0.2) is 0 Å².